The second kappa shape index (κ2) is 7.31. The first-order valence-electron chi connectivity index (χ1n) is 9.25. The maximum absolute atomic E-state index is 13.1. The quantitative estimate of drug-likeness (QED) is 0.412. The van der Waals surface area contributed by atoms with Crippen LogP contribution in [-0.2, 0) is 6.54 Å². The lowest BCUT2D eigenvalue weighted by Crippen LogP contribution is -2.23. The minimum absolute atomic E-state index is 0.247. The van der Waals surface area contributed by atoms with Crippen LogP contribution in [0.2, 0.25) is 0 Å². The number of hydrogen-bond acceptors (Lipinski definition) is 5. The molecule has 148 valence electrons. The van der Waals surface area contributed by atoms with Crippen molar-refractivity contribution in [3.8, 4) is 5.69 Å². The van der Waals surface area contributed by atoms with E-state index in [1.54, 1.807) is 23.0 Å². The monoisotopic (exact) mass is 461 g/mol. The molecule has 5 rings (SSSR count). The van der Waals surface area contributed by atoms with Crippen molar-refractivity contribution in [1.82, 2.24) is 19.9 Å². The van der Waals surface area contributed by atoms with Crippen LogP contribution in [0.3, 0.4) is 0 Å². The molecular formula is C22H16BrN5O2. The minimum atomic E-state index is -0.339. The lowest BCUT2D eigenvalue weighted by molar-refractivity contribution is 0.0950. The van der Waals surface area contributed by atoms with Crippen LogP contribution < -0.4 is 11.1 Å². The number of nitrogens with two attached hydrogens (primary N) is 1. The predicted molar refractivity (Wildman–Crippen MR) is 118 cm³/mol. The molecule has 0 radical (unpaired) electrons. The van der Waals surface area contributed by atoms with Crippen molar-refractivity contribution in [3.05, 3.63) is 82.7 Å². The molecule has 0 aliphatic carbocycles. The van der Waals surface area contributed by atoms with Crippen molar-refractivity contribution >= 4 is 49.9 Å². The molecule has 5 aromatic rings. The molecule has 3 N–H and O–H groups in total. The van der Waals surface area contributed by atoms with Crippen molar-refractivity contribution in [2.45, 2.75) is 6.54 Å². The number of nitrogen functional groups attached to an aromatic ring is 1. The zero-order valence-corrected chi connectivity index (χ0v) is 17.3. The molecule has 0 aliphatic rings. The highest BCUT2D eigenvalue weighted by Gasteiger charge is 2.24. The molecule has 0 bridgehead atoms. The average molecular weight is 462 g/mol. The summed E-state index contributed by atoms with van der Waals surface area (Å²) in [5.74, 6) is 0.587. The van der Waals surface area contributed by atoms with Crippen LogP contribution in [0.1, 0.15) is 16.1 Å². The lowest BCUT2D eigenvalue weighted by atomic mass is 10.2. The SMILES string of the molecule is Nc1c(C(=O)NCc2ccco2)c2nc3ccccc3nc2n1-c1ccc(Br)cc1. The summed E-state index contributed by atoms with van der Waals surface area (Å²) in [6, 6.07) is 18.7. The van der Waals surface area contributed by atoms with Gasteiger partial charge in [0.1, 0.15) is 22.7 Å². The summed E-state index contributed by atoms with van der Waals surface area (Å²) in [5, 5.41) is 2.86. The van der Waals surface area contributed by atoms with Gasteiger partial charge in [-0.15, -0.1) is 0 Å². The number of aromatic nitrogens is 3. The topological polar surface area (TPSA) is 99.0 Å². The van der Waals surface area contributed by atoms with Crippen LogP contribution in [-0.4, -0.2) is 20.4 Å². The number of carbonyl (C=O) groups excluding carboxylic acids is 1. The molecule has 0 saturated carbocycles. The number of anilines is 1. The van der Waals surface area contributed by atoms with Crippen LogP contribution in [0.25, 0.3) is 27.9 Å². The number of para-hydroxylation sites is 2. The normalized spacial score (nSPS) is 11.2. The predicted octanol–water partition coefficient (Wildman–Crippen LogP) is 4.44. The number of halogens is 1. The third kappa shape index (κ3) is 3.11. The van der Waals surface area contributed by atoms with E-state index in [1.165, 1.54) is 0 Å². The largest absolute Gasteiger partial charge is 0.467 e. The molecule has 3 heterocycles. The number of furan rings is 1. The molecular weight excluding hydrogens is 446 g/mol. The second-order valence-electron chi connectivity index (χ2n) is 6.72. The van der Waals surface area contributed by atoms with Crippen molar-refractivity contribution in [2.75, 3.05) is 5.73 Å². The summed E-state index contributed by atoms with van der Waals surface area (Å²) in [5.41, 5.74) is 9.96. The summed E-state index contributed by atoms with van der Waals surface area (Å²) >= 11 is 3.45. The van der Waals surface area contributed by atoms with E-state index in [9.17, 15) is 4.79 Å². The summed E-state index contributed by atoms with van der Waals surface area (Å²) in [6.07, 6.45) is 1.56. The van der Waals surface area contributed by atoms with E-state index in [0.29, 0.717) is 22.4 Å². The van der Waals surface area contributed by atoms with Crippen LogP contribution in [0.5, 0.6) is 0 Å². The molecule has 0 fully saturated rings. The number of fused-ring (bicyclic) bond motifs is 2. The molecule has 0 spiro atoms. The molecule has 2 aromatic carbocycles. The maximum atomic E-state index is 13.1. The van der Waals surface area contributed by atoms with Gasteiger partial charge in [0.2, 0.25) is 0 Å². The Hall–Kier alpha value is -3.65. The third-order valence-electron chi connectivity index (χ3n) is 4.81. The second-order valence-corrected chi connectivity index (χ2v) is 7.63. The molecule has 0 aliphatic heterocycles. The van der Waals surface area contributed by atoms with Gasteiger partial charge in [0, 0.05) is 10.2 Å². The first-order valence-corrected chi connectivity index (χ1v) is 10.0. The van der Waals surface area contributed by atoms with E-state index in [4.69, 9.17) is 20.1 Å². The summed E-state index contributed by atoms with van der Waals surface area (Å²) in [7, 11) is 0. The zero-order valence-electron chi connectivity index (χ0n) is 15.7. The van der Waals surface area contributed by atoms with E-state index >= 15 is 0 Å². The smallest absolute Gasteiger partial charge is 0.257 e. The Morgan fingerprint density at radius 1 is 1.03 bits per heavy atom. The average Bonchev–Trinajstić information content (AvgIpc) is 3.37. The Morgan fingerprint density at radius 3 is 2.47 bits per heavy atom. The Morgan fingerprint density at radius 2 is 1.77 bits per heavy atom. The van der Waals surface area contributed by atoms with Gasteiger partial charge < -0.3 is 15.5 Å². The Balaban J connectivity index is 1.70. The fraction of sp³-hybridized carbons (Fsp3) is 0.0455. The fourth-order valence-electron chi connectivity index (χ4n) is 3.41. The highest BCUT2D eigenvalue weighted by atomic mass is 79.9. The minimum Gasteiger partial charge on any atom is -0.467 e. The molecule has 0 saturated heterocycles. The standard InChI is InChI=1S/C22H16BrN5O2/c23-13-7-9-14(10-8-13)28-20(24)18(22(29)25-12-15-4-3-11-30-15)19-21(28)27-17-6-2-1-5-16(17)26-19/h1-11H,12,24H2,(H,25,29). The number of nitrogens with one attached hydrogen (secondary N) is 1. The van der Waals surface area contributed by atoms with Crippen molar-refractivity contribution in [2.24, 2.45) is 0 Å². The van der Waals surface area contributed by atoms with Crippen LogP contribution in [0.4, 0.5) is 5.82 Å². The van der Waals surface area contributed by atoms with Crippen LogP contribution in [0, 0.1) is 0 Å². The van der Waals surface area contributed by atoms with Gasteiger partial charge in [-0.1, -0.05) is 28.1 Å². The maximum Gasteiger partial charge on any atom is 0.257 e. The van der Waals surface area contributed by atoms with E-state index in [-0.39, 0.29) is 23.8 Å². The third-order valence-corrected chi connectivity index (χ3v) is 5.34. The van der Waals surface area contributed by atoms with Crippen molar-refractivity contribution in [1.29, 1.82) is 0 Å². The van der Waals surface area contributed by atoms with E-state index < -0.39 is 0 Å². The van der Waals surface area contributed by atoms with E-state index in [1.807, 2.05) is 48.5 Å². The number of rotatable bonds is 4. The first kappa shape index (κ1) is 18.4. The molecule has 0 unspecified atom stereocenters. The highest BCUT2D eigenvalue weighted by Crippen LogP contribution is 2.31. The zero-order chi connectivity index (χ0) is 20.7. The van der Waals surface area contributed by atoms with Gasteiger partial charge in [0.25, 0.3) is 5.91 Å². The van der Waals surface area contributed by atoms with Gasteiger partial charge in [0.05, 0.1) is 23.8 Å². The Bertz CT molecular complexity index is 1370. The summed E-state index contributed by atoms with van der Waals surface area (Å²) < 4.78 is 7.99. The molecule has 0 atom stereocenters. The molecule has 7 nitrogen and oxygen atoms in total. The van der Waals surface area contributed by atoms with Gasteiger partial charge in [0.15, 0.2) is 5.65 Å². The molecule has 30 heavy (non-hydrogen) atoms. The van der Waals surface area contributed by atoms with Gasteiger partial charge in [-0.25, -0.2) is 9.97 Å². The summed E-state index contributed by atoms with van der Waals surface area (Å²) in [4.78, 5) is 22.6. The number of carbonyl (C=O) groups is 1. The van der Waals surface area contributed by atoms with Gasteiger partial charge >= 0.3 is 0 Å². The van der Waals surface area contributed by atoms with Crippen LogP contribution in [0.15, 0.2) is 75.8 Å². The molecule has 3 aromatic heterocycles. The van der Waals surface area contributed by atoms with E-state index in [2.05, 4.69) is 21.2 Å². The fourth-order valence-corrected chi connectivity index (χ4v) is 3.67. The lowest BCUT2D eigenvalue weighted by Gasteiger charge is -2.08. The van der Waals surface area contributed by atoms with Gasteiger partial charge in [-0.05, 0) is 48.5 Å². The van der Waals surface area contributed by atoms with Gasteiger partial charge in [-0.3, -0.25) is 9.36 Å². The first-order chi connectivity index (χ1) is 14.6. The molecule has 8 heteroatoms. The van der Waals surface area contributed by atoms with Crippen molar-refractivity contribution < 1.29 is 9.21 Å². The summed E-state index contributed by atoms with van der Waals surface area (Å²) in [6.45, 7) is 0.247. The number of amides is 1. The van der Waals surface area contributed by atoms with Crippen LogP contribution >= 0.6 is 15.9 Å². The number of nitrogens with zero attached hydrogens (tertiary/aromatic N) is 3. The Kier molecular flexibility index (Phi) is 4.48. The van der Waals surface area contributed by atoms with E-state index in [0.717, 1.165) is 15.7 Å². The Labute approximate surface area is 179 Å². The van der Waals surface area contributed by atoms with Crippen molar-refractivity contribution in [3.63, 3.8) is 0 Å². The number of benzene rings is 2. The number of hydrogen-bond donors (Lipinski definition) is 2. The van der Waals surface area contributed by atoms with Gasteiger partial charge in [-0.2, -0.15) is 0 Å². The molecule has 1 amide bonds. The highest BCUT2D eigenvalue weighted by molar-refractivity contribution is 9.10.